The van der Waals surface area contributed by atoms with Gasteiger partial charge in [-0.25, -0.2) is 9.78 Å². The van der Waals surface area contributed by atoms with Crippen LogP contribution in [0.3, 0.4) is 0 Å². The molecule has 0 unspecified atom stereocenters. The van der Waals surface area contributed by atoms with Crippen molar-refractivity contribution in [2.45, 2.75) is 13.8 Å². The number of aryl methyl sites for hydroxylation is 2. The van der Waals surface area contributed by atoms with Gasteiger partial charge in [0.1, 0.15) is 17.0 Å². The highest BCUT2D eigenvalue weighted by Crippen LogP contribution is 2.27. The molecular weight excluding hydrogens is 266 g/mol. The van der Waals surface area contributed by atoms with Crippen molar-refractivity contribution >= 4 is 11.7 Å². The summed E-state index contributed by atoms with van der Waals surface area (Å²) in [5.41, 5.74) is 0.925. The fourth-order valence-electron chi connectivity index (χ4n) is 1.76. The maximum atomic E-state index is 11.7. The third-order valence-electron chi connectivity index (χ3n) is 2.74. The molecule has 0 atom stereocenters. The third kappa shape index (κ3) is 2.22. The van der Waals surface area contributed by atoms with Crippen molar-refractivity contribution in [3.63, 3.8) is 0 Å². The Labute approximate surface area is 113 Å². The van der Waals surface area contributed by atoms with Gasteiger partial charge in [-0.2, -0.15) is 0 Å². The van der Waals surface area contributed by atoms with E-state index in [1.165, 1.54) is 26.2 Å². The molecule has 0 saturated carbocycles. The molecule has 8 nitrogen and oxygen atoms in total. The second kappa shape index (κ2) is 5.08. The average Bonchev–Trinajstić information content (AvgIpc) is 2.79. The molecule has 0 bridgehead atoms. The number of ether oxygens (including phenoxy) is 1. The Kier molecular flexibility index (Phi) is 3.47. The normalized spacial score (nSPS) is 10.3. The topological polar surface area (TPSA) is 108 Å². The summed E-state index contributed by atoms with van der Waals surface area (Å²) in [6.07, 6.45) is 0. The van der Waals surface area contributed by atoms with Crippen molar-refractivity contribution in [2.75, 3.05) is 7.11 Å². The zero-order chi connectivity index (χ0) is 14.9. The number of esters is 1. The van der Waals surface area contributed by atoms with E-state index < -0.39 is 10.9 Å². The first-order valence-corrected chi connectivity index (χ1v) is 5.62. The molecule has 0 spiro atoms. The standard InChI is InChI=1S/C12H11N3O5/c1-6-9(15(17)18)5-4-8(13-6)11-10(12(16)19-3)7(2)14-20-11/h4-5H,1-3H3. The van der Waals surface area contributed by atoms with Crippen molar-refractivity contribution in [2.24, 2.45) is 0 Å². The monoisotopic (exact) mass is 277 g/mol. The van der Waals surface area contributed by atoms with Crippen LogP contribution in [0.5, 0.6) is 0 Å². The van der Waals surface area contributed by atoms with E-state index in [0.717, 1.165) is 0 Å². The first-order chi connectivity index (χ1) is 9.45. The second-order valence-corrected chi connectivity index (χ2v) is 4.02. The van der Waals surface area contributed by atoms with E-state index in [2.05, 4.69) is 14.9 Å². The summed E-state index contributed by atoms with van der Waals surface area (Å²) in [6.45, 7) is 3.10. The van der Waals surface area contributed by atoms with Crippen molar-refractivity contribution in [1.82, 2.24) is 10.1 Å². The van der Waals surface area contributed by atoms with Gasteiger partial charge in [0.05, 0.1) is 17.7 Å². The van der Waals surface area contributed by atoms with Gasteiger partial charge in [0.2, 0.25) is 0 Å². The SMILES string of the molecule is COC(=O)c1c(C)noc1-c1ccc([N+](=O)[O-])c(C)n1. The number of methoxy groups -OCH3 is 1. The minimum Gasteiger partial charge on any atom is -0.465 e. The lowest BCUT2D eigenvalue weighted by atomic mass is 10.1. The van der Waals surface area contributed by atoms with Crippen LogP contribution in [0.15, 0.2) is 16.7 Å². The number of nitro groups is 1. The van der Waals surface area contributed by atoms with E-state index in [9.17, 15) is 14.9 Å². The van der Waals surface area contributed by atoms with Gasteiger partial charge in [-0.15, -0.1) is 0 Å². The minimum absolute atomic E-state index is 0.107. The van der Waals surface area contributed by atoms with Crippen LogP contribution < -0.4 is 0 Å². The summed E-state index contributed by atoms with van der Waals surface area (Å²) in [5, 5.41) is 14.5. The Morgan fingerprint density at radius 1 is 1.35 bits per heavy atom. The Morgan fingerprint density at radius 3 is 2.60 bits per heavy atom. The van der Waals surface area contributed by atoms with Crippen molar-refractivity contribution in [3.8, 4) is 11.5 Å². The predicted molar refractivity (Wildman–Crippen MR) is 67.2 cm³/mol. The number of hydrogen-bond acceptors (Lipinski definition) is 7. The average molecular weight is 277 g/mol. The lowest BCUT2D eigenvalue weighted by molar-refractivity contribution is -0.385. The van der Waals surface area contributed by atoms with Gasteiger partial charge in [-0.3, -0.25) is 10.1 Å². The molecule has 20 heavy (non-hydrogen) atoms. The van der Waals surface area contributed by atoms with E-state index in [1.807, 2.05) is 0 Å². The van der Waals surface area contributed by atoms with E-state index in [1.54, 1.807) is 6.92 Å². The molecule has 2 aromatic heterocycles. The van der Waals surface area contributed by atoms with Gasteiger partial charge in [-0.1, -0.05) is 5.16 Å². The maximum Gasteiger partial charge on any atom is 0.343 e. The molecule has 2 aromatic rings. The van der Waals surface area contributed by atoms with Gasteiger partial charge >= 0.3 is 5.97 Å². The fourth-order valence-corrected chi connectivity index (χ4v) is 1.76. The predicted octanol–water partition coefficient (Wildman–Crippen LogP) is 2.05. The molecule has 104 valence electrons. The van der Waals surface area contributed by atoms with Crippen LogP contribution >= 0.6 is 0 Å². The molecule has 0 saturated heterocycles. The van der Waals surface area contributed by atoms with Gasteiger partial charge in [-0.05, 0) is 19.9 Å². The van der Waals surface area contributed by atoms with Crippen LogP contribution in [0, 0.1) is 24.0 Å². The zero-order valence-corrected chi connectivity index (χ0v) is 11.0. The molecule has 0 amide bonds. The molecule has 0 N–H and O–H groups in total. The van der Waals surface area contributed by atoms with Gasteiger partial charge in [0.25, 0.3) is 5.69 Å². The highest BCUT2D eigenvalue weighted by Gasteiger charge is 2.24. The lowest BCUT2D eigenvalue weighted by Gasteiger charge is -2.02. The summed E-state index contributed by atoms with van der Waals surface area (Å²) in [5.74, 6) is -0.469. The Balaban J connectivity index is 2.55. The molecule has 0 aliphatic heterocycles. The molecule has 0 fully saturated rings. The van der Waals surface area contributed by atoms with Gasteiger partial charge < -0.3 is 9.26 Å². The largest absolute Gasteiger partial charge is 0.465 e. The summed E-state index contributed by atoms with van der Waals surface area (Å²) in [7, 11) is 1.24. The molecule has 0 aromatic carbocycles. The van der Waals surface area contributed by atoms with Crippen molar-refractivity contribution in [3.05, 3.63) is 39.2 Å². The minimum atomic E-state index is -0.600. The van der Waals surface area contributed by atoms with E-state index in [0.29, 0.717) is 5.69 Å². The Hall–Kier alpha value is -2.77. The van der Waals surface area contributed by atoms with Crippen LogP contribution in [-0.2, 0) is 4.74 Å². The summed E-state index contributed by atoms with van der Waals surface area (Å²) in [6, 6.07) is 2.70. The first-order valence-electron chi connectivity index (χ1n) is 5.62. The molecule has 0 aliphatic carbocycles. The van der Waals surface area contributed by atoms with Crippen LogP contribution in [0.1, 0.15) is 21.7 Å². The highest BCUT2D eigenvalue weighted by atomic mass is 16.6. The third-order valence-corrected chi connectivity index (χ3v) is 2.74. The number of aromatic nitrogens is 2. The van der Waals surface area contributed by atoms with Gasteiger partial charge in [0, 0.05) is 6.07 Å². The van der Waals surface area contributed by atoms with E-state index in [-0.39, 0.29) is 28.4 Å². The number of hydrogen-bond donors (Lipinski definition) is 0. The number of carbonyl (C=O) groups excluding carboxylic acids is 1. The fraction of sp³-hybridized carbons (Fsp3) is 0.250. The highest BCUT2D eigenvalue weighted by molar-refractivity contribution is 5.96. The summed E-state index contributed by atoms with van der Waals surface area (Å²) in [4.78, 5) is 26.0. The van der Waals surface area contributed by atoms with Crippen LogP contribution in [-0.4, -0.2) is 28.1 Å². The Morgan fingerprint density at radius 2 is 2.05 bits per heavy atom. The summed E-state index contributed by atoms with van der Waals surface area (Å²) >= 11 is 0. The second-order valence-electron chi connectivity index (χ2n) is 4.02. The maximum absolute atomic E-state index is 11.7. The van der Waals surface area contributed by atoms with E-state index >= 15 is 0 Å². The first kappa shape index (κ1) is 13.7. The number of nitrogens with zero attached hydrogens (tertiary/aromatic N) is 3. The molecule has 0 aliphatic rings. The molecule has 2 rings (SSSR count). The van der Waals surface area contributed by atoms with Crippen LogP contribution in [0.4, 0.5) is 5.69 Å². The van der Waals surface area contributed by atoms with Crippen LogP contribution in [0.25, 0.3) is 11.5 Å². The zero-order valence-electron chi connectivity index (χ0n) is 11.0. The Bertz CT molecular complexity index is 692. The van der Waals surface area contributed by atoms with Gasteiger partial charge in [0.15, 0.2) is 5.76 Å². The molecular formula is C12H11N3O5. The molecule has 2 heterocycles. The quantitative estimate of drug-likeness (QED) is 0.479. The molecule has 0 radical (unpaired) electrons. The van der Waals surface area contributed by atoms with E-state index in [4.69, 9.17) is 4.52 Å². The molecule has 8 heteroatoms. The van der Waals surface area contributed by atoms with Crippen molar-refractivity contribution in [1.29, 1.82) is 0 Å². The smallest absolute Gasteiger partial charge is 0.343 e. The number of pyridine rings is 1. The summed E-state index contributed by atoms with van der Waals surface area (Å²) < 4.78 is 9.73. The van der Waals surface area contributed by atoms with Crippen LogP contribution in [0.2, 0.25) is 0 Å². The lowest BCUT2D eigenvalue weighted by Crippen LogP contribution is -2.04. The van der Waals surface area contributed by atoms with Crippen molar-refractivity contribution < 1.29 is 19.0 Å². The number of rotatable bonds is 3. The number of carbonyl (C=O) groups is 1.